The molecule has 1 unspecified atom stereocenters. The van der Waals surface area contributed by atoms with Gasteiger partial charge in [0, 0.05) is 32.1 Å². The summed E-state index contributed by atoms with van der Waals surface area (Å²) < 4.78 is 0. The molecule has 4 heteroatoms. The third-order valence-corrected chi connectivity index (χ3v) is 3.86. The number of nitrogens with two attached hydrogens (primary N) is 1. The number of piperidine rings is 1. The summed E-state index contributed by atoms with van der Waals surface area (Å²) in [6.45, 7) is 7.08. The molecular weight excluding hydrogens is 226 g/mol. The second-order valence-corrected chi connectivity index (χ2v) is 6.20. The van der Waals surface area contributed by atoms with Gasteiger partial charge >= 0.3 is 0 Å². The van der Waals surface area contributed by atoms with Gasteiger partial charge in [-0.2, -0.15) is 0 Å². The number of carbonyl (C=O) groups excluding carboxylic acids is 1. The fourth-order valence-electron chi connectivity index (χ4n) is 2.45. The van der Waals surface area contributed by atoms with Gasteiger partial charge in [-0.05, 0) is 38.8 Å². The van der Waals surface area contributed by atoms with Gasteiger partial charge in [0.15, 0.2) is 0 Å². The number of nitrogens with zero attached hydrogens (tertiary/aromatic N) is 2. The van der Waals surface area contributed by atoms with Crippen molar-refractivity contribution < 1.29 is 4.79 Å². The first-order valence-electron chi connectivity index (χ1n) is 7.08. The Morgan fingerprint density at radius 1 is 1.33 bits per heavy atom. The Labute approximate surface area is 111 Å². The van der Waals surface area contributed by atoms with Crippen LogP contribution in [0.1, 0.15) is 33.1 Å². The van der Waals surface area contributed by atoms with E-state index in [0.717, 1.165) is 38.4 Å². The number of amides is 1. The molecule has 1 atom stereocenters. The Morgan fingerprint density at radius 2 is 1.89 bits per heavy atom. The molecule has 0 spiro atoms. The molecular formula is C14H29N3O. The van der Waals surface area contributed by atoms with Gasteiger partial charge in [0.25, 0.3) is 0 Å². The Bertz CT molecular complexity index is 258. The molecule has 0 aromatic carbocycles. The standard InChI is InChI=1S/C14H29N3O/c1-11(2)13(15)9-14(18)17-7-5-12(6-8-17)10-16(3)4/h11-13H,5-10,15H2,1-4H3. The number of rotatable bonds is 5. The fourth-order valence-corrected chi connectivity index (χ4v) is 2.45. The second kappa shape index (κ2) is 7.10. The fraction of sp³-hybridized carbons (Fsp3) is 0.929. The van der Waals surface area contributed by atoms with Crippen LogP contribution in [0.2, 0.25) is 0 Å². The molecule has 1 amide bonds. The van der Waals surface area contributed by atoms with Crippen molar-refractivity contribution >= 4 is 5.91 Å². The maximum Gasteiger partial charge on any atom is 0.224 e. The Balaban J connectivity index is 2.31. The summed E-state index contributed by atoms with van der Waals surface area (Å²) in [6.07, 6.45) is 2.75. The van der Waals surface area contributed by atoms with Crippen molar-refractivity contribution in [3.63, 3.8) is 0 Å². The second-order valence-electron chi connectivity index (χ2n) is 6.20. The molecule has 106 valence electrons. The third-order valence-electron chi connectivity index (χ3n) is 3.86. The normalized spacial score (nSPS) is 19.6. The highest BCUT2D eigenvalue weighted by Gasteiger charge is 2.24. The summed E-state index contributed by atoms with van der Waals surface area (Å²) >= 11 is 0. The van der Waals surface area contributed by atoms with Crippen molar-refractivity contribution in [2.75, 3.05) is 33.7 Å². The zero-order valence-corrected chi connectivity index (χ0v) is 12.4. The van der Waals surface area contributed by atoms with E-state index in [-0.39, 0.29) is 11.9 Å². The first-order chi connectivity index (χ1) is 8.40. The van der Waals surface area contributed by atoms with E-state index in [4.69, 9.17) is 5.73 Å². The average molecular weight is 255 g/mol. The molecule has 4 nitrogen and oxygen atoms in total. The Morgan fingerprint density at radius 3 is 2.33 bits per heavy atom. The first-order valence-corrected chi connectivity index (χ1v) is 7.08. The van der Waals surface area contributed by atoms with Crippen molar-refractivity contribution in [3.05, 3.63) is 0 Å². The highest BCUT2D eigenvalue weighted by Crippen LogP contribution is 2.19. The van der Waals surface area contributed by atoms with Crippen LogP contribution < -0.4 is 5.73 Å². The van der Waals surface area contributed by atoms with E-state index in [1.54, 1.807) is 0 Å². The molecule has 1 rings (SSSR count). The van der Waals surface area contributed by atoms with Gasteiger partial charge in [-0.3, -0.25) is 4.79 Å². The van der Waals surface area contributed by atoms with Gasteiger partial charge in [0.1, 0.15) is 0 Å². The predicted octanol–water partition coefficient (Wildman–Crippen LogP) is 1.16. The number of likely N-dealkylation sites (tertiary alicyclic amines) is 1. The van der Waals surface area contributed by atoms with E-state index in [2.05, 4.69) is 32.8 Å². The highest BCUT2D eigenvalue weighted by atomic mass is 16.2. The molecule has 0 aromatic rings. The summed E-state index contributed by atoms with van der Waals surface area (Å²) in [5, 5.41) is 0. The van der Waals surface area contributed by atoms with Crippen LogP contribution in [-0.4, -0.2) is 55.5 Å². The van der Waals surface area contributed by atoms with Crippen LogP contribution in [0.4, 0.5) is 0 Å². The van der Waals surface area contributed by atoms with Gasteiger partial charge in [-0.25, -0.2) is 0 Å². The van der Waals surface area contributed by atoms with Crippen molar-refractivity contribution in [1.82, 2.24) is 9.80 Å². The number of hydrogen-bond acceptors (Lipinski definition) is 3. The van der Waals surface area contributed by atoms with E-state index in [0.29, 0.717) is 12.3 Å². The maximum absolute atomic E-state index is 12.1. The van der Waals surface area contributed by atoms with Gasteiger partial charge in [0.2, 0.25) is 5.91 Å². The molecule has 0 bridgehead atoms. The molecule has 0 aromatic heterocycles. The van der Waals surface area contributed by atoms with Crippen LogP contribution in [0.3, 0.4) is 0 Å². The lowest BCUT2D eigenvalue weighted by Crippen LogP contribution is -2.43. The van der Waals surface area contributed by atoms with Crippen molar-refractivity contribution in [3.8, 4) is 0 Å². The molecule has 1 fully saturated rings. The monoisotopic (exact) mass is 255 g/mol. The van der Waals surface area contributed by atoms with Crippen molar-refractivity contribution in [1.29, 1.82) is 0 Å². The van der Waals surface area contributed by atoms with E-state index >= 15 is 0 Å². The van der Waals surface area contributed by atoms with Gasteiger partial charge in [-0.15, -0.1) is 0 Å². The van der Waals surface area contributed by atoms with E-state index in [1.165, 1.54) is 0 Å². The smallest absolute Gasteiger partial charge is 0.224 e. The molecule has 0 radical (unpaired) electrons. The zero-order chi connectivity index (χ0) is 13.7. The summed E-state index contributed by atoms with van der Waals surface area (Å²) in [5.41, 5.74) is 5.96. The minimum absolute atomic E-state index is 0.00278. The van der Waals surface area contributed by atoms with E-state index < -0.39 is 0 Å². The molecule has 1 saturated heterocycles. The minimum atomic E-state index is -0.00278. The maximum atomic E-state index is 12.1. The van der Waals surface area contributed by atoms with Crippen LogP contribution in [0.15, 0.2) is 0 Å². The summed E-state index contributed by atoms with van der Waals surface area (Å²) in [4.78, 5) is 16.3. The molecule has 1 aliphatic rings. The van der Waals surface area contributed by atoms with E-state index in [9.17, 15) is 4.79 Å². The van der Waals surface area contributed by atoms with Crippen molar-refractivity contribution in [2.45, 2.75) is 39.2 Å². The summed E-state index contributed by atoms with van der Waals surface area (Å²) in [7, 11) is 4.22. The van der Waals surface area contributed by atoms with Crippen LogP contribution in [0.25, 0.3) is 0 Å². The number of carbonyl (C=O) groups is 1. The van der Waals surface area contributed by atoms with Gasteiger partial charge < -0.3 is 15.5 Å². The molecule has 2 N–H and O–H groups in total. The SMILES string of the molecule is CC(C)C(N)CC(=O)N1CCC(CN(C)C)CC1. The van der Waals surface area contributed by atoms with Gasteiger partial charge in [-0.1, -0.05) is 13.8 Å². The van der Waals surface area contributed by atoms with Crippen LogP contribution >= 0.6 is 0 Å². The summed E-state index contributed by atoms with van der Waals surface area (Å²) in [5.74, 6) is 1.35. The topological polar surface area (TPSA) is 49.6 Å². The largest absolute Gasteiger partial charge is 0.343 e. The predicted molar refractivity (Wildman–Crippen MR) is 75.3 cm³/mol. The van der Waals surface area contributed by atoms with E-state index in [1.807, 2.05) is 4.90 Å². The Kier molecular flexibility index (Phi) is 6.09. The zero-order valence-electron chi connectivity index (χ0n) is 12.4. The van der Waals surface area contributed by atoms with Crippen LogP contribution in [0, 0.1) is 11.8 Å². The Hall–Kier alpha value is -0.610. The van der Waals surface area contributed by atoms with Crippen LogP contribution in [0.5, 0.6) is 0 Å². The average Bonchev–Trinajstić information content (AvgIpc) is 2.28. The van der Waals surface area contributed by atoms with Gasteiger partial charge in [0.05, 0.1) is 0 Å². The lowest BCUT2D eigenvalue weighted by atomic mass is 9.95. The lowest BCUT2D eigenvalue weighted by molar-refractivity contribution is -0.133. The molecule has 0 aliphatic carbocycles. The third kappa shape index (κ3) is 4.94. The molecule has 1 heterocycles. The molecule has 18 heavy (non-hydrogen) atoms. The summed E-state index contributed by atoms with van der Waals surface area (Å²) in [6, 6.07) is -0.00278. The van der Waals surface area contributed by atoms with Crippen molar-refractivity contribution in [2.24, 2.45) is 17.6 Å². The number of hydrogen-bond donors (Lipinski definition) is 1. The van der Waals surface area contributed by atoms with Crippen LogP contribution in [-0.2, 0) is 4.79 Å². The molecule has 1 aliphatic heterocycles. The lowest BCUT2D eigenvalue weighted by Gasteiger charge is -2.34. The molecule has 0 saturated carbocycles. The quantitative estimate of drug-likeness (QED) is 0.802. The first kappa shape index (κ1) is 15.4. The highest BCUT2D eigenvalue weighted by molar-refractivity contribution is 5.76. The minimum Gasteiger partial charge on any atom is -0.343 e.